The highest BCUT2D eigenvalue weighted by Gasteiger charge is 2.36. The van der Waals surface area contributed by atoms with Crippen molar-refractivity contribution in [2.45, 2.75) is 26.3 Å². The second-order valence-electron chi connectivity index (χ2n) is 5.98. The average molecular weight is 313 g/mol. The van der Waals surface area contributed by atoms with Gasteiger partial charge in [-0.2, -0.15) is 0 Å². The van der Waals surface area contributed by atoms with Crippen LogP contribution in [0.1, 0.15) is 36.0 Å². The molecule has 1 amide bonds. The Bertz CT molecular complexity index is 744. The molecule has 2 heterocycles. The Labute approximate surface area is 134 Å². The van der Waals surface area contributed by atoms with Crippen LogP contribution < -0.4 is 9.64 Å². The van der Waals surface area contributed by atoms with E-state index in [1.807, 2.05) is 40.6 Å². The van der Waals surface area contributed by atoms with E-state index in [0.29, 0.717) is 0 Å². The number of benzene rings is 1. The van der Waals surface area contributed by atoms with Crippen LogP contribution in [0.3, 0.4) is 0 Å². The van der Waals surface area contributed by atoms with Crippen molar-refractivity contribution in [3.63, 3.8) is 0 Å². The predicted octanol–water partition coefficient (Wildman–Crippen LogP) is 4.60. The molecule has 0 aliphatic carbocycles. The Morgan fingerprint density at radius 3 is 2.68 bits per heavy atom. The predicted molar refractivity (Wildman–Crippen MR) is 91.9 cm³/mol. The van der Waals surface area contributed by atoms with Crippen LogP contribution in [0.2, 0.25) is 0 Å². The molecule has 1 aromatic carbocycles. The first-order valence-electron chi connectivity index (χ1n) is 7.20. The summed E-state index contributed by atoms with van der Waals surface area (Å²) in [7, 11) is 1.65. The van der Waals surface area contributed by atoms with Crippen LogP contribution in [-0.4, -0.2) is 18.6 Å². The van der Waals surface area contributed by atoms with Crippen LogP contribution in [0, 0.1) is 0 Å². The summed E-state index contributed by atoms with van der Waals surface area (Å²) in [6.07, 6.45) is 2.14. The maximum Gasteiger partial charge on any atom is 0.269 e. The fourth-order valence-electron chi connectivity index (χ4n) is 3.02. The summed E-state index contributed by atoms with van der Waals surface area (Å²) in [5.41, 5.74) is 2.77. The zero-order chi connectivity index (χ0) is 15.9. The molecular weight excluding hydrogens is 294 g/mol. The third kappa shape index (κ3) is 2.33. The molecule has 0 saturated carbocycles. The normalized spacial score (nSPS) is 16.0. The lowest BCUT2D eigenvalue weighted by molar-refractivity contribution is 0.0974. The number of rotatable bonds is 2. The van der Waals surface area contributed by atoms with Crippen molar-refractivity contribution < 1.29 is 9.53 Å². The lowest BCUT2D eigenvalue weighted by atomic mass is 9.88. The van der Waals surface area contributed by atoms with E-state index in [1.165, 1.54) is 11.3 Å². The summed E-state index contributed by atoms with van der Waals surface area (Å²) in [5, 5.41) is 1.93. The van der Waals surface area contributed by atoms with E-state index in [-0.39, 0.29) is 11.4 Å². The number of nitrogens with zero attached hydrogens (tertiary/aromatic N) is 1. The SMILES string of the molecule is COc1ccc2c(c1)C(C)=CC(C)(C)N2C(=O)c1cccs1. The zero-order valence-corrected chi connectivity index (χ0v) is 14.0. The molecule has 0 N–H and O–H groups in total. The minimum atomic E-state index is -0.368. The van der Waals surface area contributed by atoms with Crippen LogP contribution in [0.5, 0.6) is 5.75 Å². The molecule has 4 heteroatoms. The highest BCUT2D eigenvalue weighted by atomic mass is 32.1. The van der Waals surface area contributed by atoms with Gasteiger partial charge in [-0.25, -0.2) is 0 Å². The fraction of sp³-hybridized carbons (Fsp3) is 0.278. The van der Waals surface area contributed by atoms with Gasteiger partial charge in [-0.1, -0.05) is 12.1 Å². The Hall–Kier alpha value is -2.07. The molecule has 1 aromatic heterocycles. The van der Waals surface area contributed by atoms with Crippen molar-refractivity contribution in [2.24, 2.45) is 0 Å². The molecule has 0 unspecified atom stereocenters. The number of methoxy groups -OCH3 is 1. The number of ether oxygens (including phenoxy) is 1. The molecule has 114 valence electrons. The van der Waals surface area contributed by atoms with Gasteiger partial charge in [0.05, 0.1) is 23.2 Å². The van der Waals surface area contributed by atoms with E-state index >= 15 is 0 Å². The van der Waals surface area contributed by atoms with Crippen molar-refractivity contribution in [1.82, 2.24) is 0 Å². The molecule has 0 radical (unpaired) electrons. The highest BCUT2D eigenvalue weighted by molar-refractivity contribution is 7.12. The highest BCUT2D eigenvalue weighted by Crippen LogP contribution is 2.41. The molecule has 0 bridgehead atoms. The van der Waals surface area contributed by atoms with E-state index in [9.17, 15) is 4.79 Å². The van der Waals surface area contributed by atoms with Crippen molar-refractivity contribution in [1.29, 1.82) is 0 Å². The molecule has 3 nitrogen and oxygen atoms in total. The summed E-state index contributed by atoms with van der Waals surface area (Å²) in [5.74, 6) is 0.838. The molecule has 1 aliphatic rings. The van der Waals surface area contributed by atoms with Gasteiger partial charge in [0.2, 0.25) is 0 Å². The fourth-order valence-corrected chi connectivity index (χ4v) is 3.67. The lowest BCUT2D eigenvalue weighted by Gasteiger charge is -2.41. The number of carbonyl (C=O) groups is 1. The largest absolute Gasteiger partial charge is 0.497 e. The van der Waals surface area contributed by atoms with Crippen molar-refractivity contribution >= 4 is 28.5 Å². The van der Waals surface area contributed by atoms with E-state index in [4.69, 9.17) is 4.74 Å². The van der Waals surface area contributed by atoms with Crippen LogP contribution in [-0.2, 0) is 0 Å². The molecule has 1 aliphatic heterocycles. The number of thiophene rings is 1. The van der Waals surface area contributed by atoms with E-state index in [0.717, 1.165) is 27.5 Å². The standard InChI is InChI=1S/C18H19NO2S/c1-12-11-18(2,3)19(17(20)16-6-5-9-22-16)15-8-7-13(21-4)10-14(12)15/h5-11H,1-4H3. The third-order valence-electron chi connectivity index (χ3n) is 3.95. The third-order valence-corrected chi connectivity index (χ3v) is 4.81. The quantitative estimate of drug-likeness (QED) is 0.811. The van der Waals surface area contributed by atoms with Gasteiger partial charge in [-0.3, -0.25) is 9.69 Å². The van der Waals surface area contributed by atoms with Gasteiger partial charge in [0, 0.05) is 5.56 Å². The van der Waals surface area contributed by atoms with Gasteiger partial charge >= 0.3 is 0 Å². The Kier molecular flexibility index (Phi) is 3.57. The molecule has 0 spiro atoms. The minimum absolute atomic E-state index is 0.0372. The van der Waals surface area contributed by atoms with Crippen molar-refractivity contribution in [2.75, 3.05) is 12.0 Å². The summed E-state index contributed by atoms with van der Waals surface area (Å²) in [4.78, 5) is 15.6. The lowest BCUT2D eigenvalue weighted by Crippen LogP contribution is -2.48. The summed E-state index contributed by atoms with van der Waals surface area (Å²) < 4.78 is 5.32. The van der Waals surface area contributed by atoms with E-state index in [1.54, 1.807) is 7.11 Å². The number of fused-ring (bicyclic) bond motifs is 1. The maximum atomic E-state index is 13.0. The molecular formula is C18H19NO2S. The zero-order valence-electron chi connectivity index (χ0n) is 13.2. The van der Waals surface area contributed by atoms with Gasteiger partial charge in [0.15, 0.2) is 0 Å². The van der Waals surface area contributed by atoms with E-state index in [2.05, 4.69) is 26.8 Å². The van der Waals surface area contributed by atoms with Crippen LogP contribution in [0.4, 0.5) is 5.69 Å². The van der Waals surface area contributed by atoms with Crippen LogP contribution in [0.15, 0.2) is 41.8 Å². The van der Waals surface area contributed by atoms with Gasteiger partial charge < -0.3 is 4.74 Å². The van der Waals surface area contributed by atoms with Crippen LogP contribution in [0.25, 0.3) is 5.57 Å². The number of anilines is 1. The second kappa shape index (κ2) is 5.29. The number of hydrogen-bond acceptors (Lipinski definition) is 3. The first kappa shape index (κ1) is 14.9. The number of hydrogen-bond donors (Lipinski definition) is 0. The molecule has 0 atom stereocenters. The monoisotopic (exact) mass is 313 g/mol. The molecule has 22 heavy (non-hydrogen) atoms. The number of allylic oxidation sites excluding steroid dienone is 1. The first-order valence-corrected chi connectivity index (χ1v) is 8.08. The van der Waals surface area contributed by atoms with Gasteiger partial charge in [-0.15, -0.1) is 11.3 Å². The number of carbonyl (C=O) groups excluding carboxylic acids is 1. The Morgan fingerprint density at radius 2 is 2.05 bits per heavy atom. The number of amides is 1. The smallest absolute Gasteiger partial charge is 0.269 e. The first-order chi connectivity index (χ1) is 10.4. The average Bonchev–Trinajstić information content (AvgIpc) is 3.00. The molecule has 2 aromatic rings. The topological polar surface area (TPSA) is 29.5 Å². The maximum absolute atomic E-state index is 13.0. The summed E-state index contributed by atoms with van der Waals surface area (Å²) in [6, 6.07) is 9.65. The van der Waals surface area contributed by atoms with Crippen LogP contribution >= 0.6 is 11.3 Å². The molecule has 0 saturated heterocycles. The molecule has 0 fully saturated rings. The van der Waals surface area contributed by atoms with Crippen molar-refractivity contribution in [3.8, 4) is 5.75 Å². The van der Waals surface area contributed by atoms with Gasteiger partial charge in [-0.05, 0) is 56.0 Å². The van der Waals surface area contributed by atoms with Gasteiger partial charge in [0.1, 0.15) is 5.75 Å². The Morgan fingerprint density at radius 1 is 1.27 bits per heavy atom. The Balaban J connectivity index is 2.16. The minimum Gasteiger partial charge on any atom is -0.497 e. The van der Waals surface area contributed by atoms with E-state index < -0.39 is 0 Å². The van der Waals surface area contributed by atoms with Crippen molar-refractivity contribution in [3.05, 3.63) is 52.2 Å². The second-order valence-corrected chi connectivity index (χ2v) is 6.93. The summed E-state index contributed by atoms with van der Waals surface area (Å²) >= 11 is 1.47. The van der Waals surface area contributed by atoms with Gasteiger partial charge in [0.25, 0.3) is 5.91 Å². The summed E-state index contributed by atoms with van der Waals surface area (Å²) in [6.45, 7) is 6.21. The molecule has 3 rings (SSSR count).